The van der Waals surface area contributed by atoms with Gasteiger partial charge in [-0.2, -0.15) is 4.37 Å². The molecular formula is C11H9ClN2O3S2. The fraction of sp³-hybridized carbons (Fsp3) is 0.0909. The number of halogens is 1. The standard InChI is InChI=1S/C11H9ClN2O3S2/c1-7-6-10(18-13-7)11(15)14-19(16,17)9-4-2-8(12)3-5-9/h2-6H,1H3,(H,14,15). The van der Waals surface area contributed by atoms with E-state index in [0.29, 0.717) is 10.7 Å². The van der Waals surface area contributed by atoms with E-state index in [9.17, 15) is 13.2 Å². The van der Waals surface area contributed by atoms with Gasteiger partial charge in [-0.3, -0.25) is 4.79 Å². The number of hydrogen-bond donors (Lipinski definition) is 1. The van der Waals surface area contributed by atoms with Gasteiger partial charge in [-0.05, 0) is 48.8 Å². The van der Waals surface area contributed by atoms with E-state index in [1.165, 1.54) is 30.3 Å². The molecule has 2 rings (SSSR count). The van der Waals surface area contributed by atoms with Gasteiger partial charge in [0.05, 0.1) is 10.6 Å². The highest BCUT2D eigenvalue weighted by Gasteiger charge is 2.19. The fourth-order valence-corrected chi connectivity index (χ4v) is 3.12. The maximum Gasteiger partial charge on any atom is 0.276 e. The van der Waals surface area contributed by atoms with E-state index in [1.807, 2.05) is 4.72 Å². The molecule has 0 aliphatic rings. The lowest BCUT2D eigenvalue weighted by atomic mass is 10.4. The van der Waals surface area contributed by atoms with Gasteiger partial charge < -0.3 is 0 Å². The van der Waals surface area contributed by atoms with Crippen molar-refractivity contribution >= 4 is 39.1 Å². The molecule has 0 atom stereocenters. The Bertz CT molecular complexity index is 708. The lowest BCUT2D eigenvalue weighted by Crippen LogP contribution is -2.29. The van der Waals surface area contributed by atoms with E-state index in [2.05, 4.69) is 4.37 Å². The molecule has 100 valence electrons. The van der Waals surface area contributed by atoms with E-state index < -0.39 is 15.9 Å². The number of nitrogens with zero attached hydrogens (tertiary/aromatic N) is 1. The van der Waals surface area contributed by atoms with Gasteiger partial charge in [-0.1, -0.05) is 11.6 Å². The molecule has 1 amide bonds. The van der Waals surface area contributed by atoms with Crippen LogP contribution in [0.2, 0.25) is 5.02 Å². The molecule has 0 unspecified atom stereocenters. The van der Waals surface area contributed by atoms with Crippen LogP contribution in [0.15, 0.2) is 35.2 Å². The molecular weight excluding hydrogens is 308 g/mol. The fourth-order valence-electron chi connectivity index (χ4n) is 1.32. The Morgan fingerprint density at radius 2 is 1.95 bits per heavy atom. The van der Waals surface area contributed by atoms with Crippen molar-refractivity contribution in [3.05, 3.63) is 45.9 Å². The summed E-state index contributed by atoms with van der Waals surface area (Å²) in [5.74, 6) is -0.694. The Labute approximate surface area is 119 Å². The van der Waals surface area contributed by atoms with Crippen molar-refractivity contribution < 1.29 is 13.2 Å². The van der Waals surface area contributed by atoms with Crippen LogP contribution in [-0.4, -0.2) is 18.7 Å². The molecule has 5 nitrogen and oxygen atoms in total. The number of aromatic nitrogens is 1. The van der Waals surface area contributed by atoms with Crippen LogP contribution in [0.25, 0.3) is 0 Å². The van der Waals surface area contributed by atoms with E-state index in [0.717, 1.165) is 11.5 Å². The van der Waals surface area contributed by atoms with E-state index in [4.69, 9.17) is 11.6 Å². The zero-order valence-electron chi connectivity index (χ0n) is 9.75. The van der Waals surface area contributed by atoms with Crippen LogP contribution in [0.4, 0.5) is 0 Å². The molecule has 0 aliphatic carbocycles. The van der Waals surface area contributed by atoms with Gasteiger partial charge in [0.15, 0.2) is 0 Å². The Kier molecular flexibility index (Phi) is 3.88. The van der Waals surface area contributed by atoms with Crippen LogP contribution in [0, 0.1) is 6.92 Å². The monoisotopic (exact) mass is 316 g/mol. The summed E-state index contributed by atoms with van der Waals surface area (Å²) in [6.45, 7) is 1.72. The summed E-state index contributed by atoms with van der Waals surface area (Å²) >= 11 is 6.63. The minimum Gasteiger partial charge on any atom is -0.267 e. The number of nitrogens with one attached hydrogen (secondary N) is 1. The number of sulfonamides is 1. The second kappa shape index (κ2) is 5.28. The molecule has 0 saturated heterocycles. The number of aryl methyl sites for hydroxylation is 1. The largest absolute Gasteiger partial charge is 0.276 e. The van der Waals surface area contributed by atoms with Crippen molar-refractivity contribution in [3.63, 3.8) is 0 Å². The highest BCUT2D eigenvalue weighted by Crippen LogP contribution is 2.15. The molecule has 0 bridgehead atoms. The molecule has 1 aromatic heterocycles. The second-order valence-electron chi connectivity index (χ2n) is 3.72. The third-order valence-corrected chi connectivity index (χ3v) is 4.68. The molecule has 0 fully saturated rings. The minimum atomic E-state index is -3.89. The quantitative estimate of drug-likeness (QED) is 0.942. The van der Waals surface area contributed by atoms with Crippen LogP contribution in [0.5, 0.6) is 0 Å². The summed E-state index contributed by atoms with van der Waals surface area (Å²) in [5.41, 5.74) is 0.666. The molecule has 1 N–H and O–H groups in total. The predicted molar refractivity (Wildman–Crippen MR) is 73.0 cm³/mol. The van der Waals surface area contributed by atoms with Gasteiger partial charge in [0.1, 0.15) is 4.88 Å². The van der Waals surface area contributed by atoms with Crippen LogP contribution in [0.3, 0.4) is 0 Å². The smallest absolute Gasteiger partial charge is 0.267 e. The SMILES string of the molecule is Cc1cc(C(=O)NS(=O)(=O)c2ccc(Cl)cc2)sn1. The van der Waals surface area contributed by atoms with Crippen molar-refractivity contribution in [2.75, 3.05) is 0 Å². The zero-order chi connectivity index (χ0) is 14.0. The van der Waals surface area contributed by atoms with Gasteiger partial charge in [-0.25, -0.2) is 13.1 Å². The molecule has 8 heteroatoms. The first-order valence-corrected chi connectivity index (χ1v) is 7.78. The zero-order valence-corrected chi connectivity index (χ0v) is 12.1. The summed E-state index contributed by atoms with van der Waals surface area (Å²) in [6.07, 6.45) is 0. The highest BCUT2D eigenvalue weighted by atomic mass is 35.5. The molecule has 19 heavy (non-hydrogen) atoms. The van der Waals surface area contributed by atoms with Gasteiger partial charge in [0, 0.05) is 5.02 Å². The average Bonchev–Trinajstić information content (AvgIpc) is 2.76. The van der Waals surface area contributed by atoms with Crippen LogP contribution in [0.1, 0.15) is 15.4 Å². The van der Waals surface area contributed by atoms with Crippen molar-refractivity contribution in [1.82, 2.24) is 9.10 Å². The summed E-state index contributed by atoms with van der Waals surface area (Å²) in [6, 6.07) is 7.07. The summed E-state index contributed by atoms with van der Waals surface area (Å²) < 4.78 is 29.8. The highest BCUT2D eigenvalue weighted by molar-refractivity contribution is 7.90. The Morgan fingerprint density at radius 3 is 2.47 bits per heavy atom. The first kappa shape index (κ1) is 14.0. The summed E-state index contributed by atoms with van der Waals surface area (Å²) in [4.78, 5) is 12.0. The topological polar surface area (TPSA) is 76.1 Å². The summed E-state index contributed by atoms with van der Waals surface area (Å²) in [7, 11) is -3.89. The number of benzene rings is 1. The van der Waals surface area contributed by atoms with Crippen LogP contribution < -0.4 is 4.72 Å². The average molecular weight is 317 g/mol. The van der Waals surface area contributed by atoms with Crippen molar-refractivity contribution in [2.45, 2.75) is 11.8 Å². The Balaban J connectivity index is 2.22. The second-order valence-corrected chi connectivity index (χ2v) is 6.64. The lowest BCUT2D eigenvalue weighted by Gasteiger charge is -2.05. The number of amides is 1. The van der Waals surface area contributed by atoms with E-state index >= 15 is 0 Å². The molecule has 1 aromatic carbocycles. The normalized spacial score (nSPS) is 11.3. The van der Waals surface area contributed by atoms with E-state index in [-0.39, 0.29) is 9.77 Å². The maximum absolute atomic E-state index is 11.9. The van der Waals surface area contributed by atoms with Crippen molar-refractivity contribution in [2.24, 2.45) is 0 Å². The Hall–Kier alpha value is -1.44. The third-order valence-electron chi connectivity index (χ3n) is 2.20. The summed E-state index contributed by atoms with van der Waals surface area (Å²) in [5, 5.41) is 0.420. The first-order valence-electron chi connectivity index (χ1n) is 5.14. The third kappa shape index (κ3) is 3.31. The van der Waals surface area contributed by atoms with Crippen LogP contribution in [-0.2, 0) is 10.0 Å². The van der Waals surface area contributed by atoms with Crippen molar-refractivity contribution in [1.29, 1.82) is 0 Å². The Morgan fingerprint density at radius 1 is 1.32 bits per heavy atom. The van der Waals surface area contributed by atoms with Gasteiger partial charge in [0.25, 0.3) is 15.9 Å². The molecule has 0 aliphatic heterocycles. The van der Waals surface area contributed by atoms with E-state index in [1.54, 1.807) is 6.92 Å². The molecule has 0 spiro atoms. The number of hydrogen-bond acceptors (Lipinski definition) is 5. The first-order chi connectivity index (χ1) is 8.88. The predicted octanol–water partition coefficient (Wildman–Crippen LogP) is 2.22. The minimum absolute atomic E-state index is 0.0218. The number of rotatable bonds is 3. The lowest BCUT2D eigenvalue weighted by molar-refractivity contribution is 0.0985. The van der Waals surface area contributed by atoms with Gasteiger partial charge in [-0.15, -0.1) is 0 Å². The van der Waals surface area contributed by atoms with Crippen molar-refractivity contribution in [3.8, 4) is 0 Å². The van der Waals surface area contributed by atoms with Crippen LogP contribution >= 0.6 is 23.1 Å². The number of carbonyl (C=O) groups is 1. The molecule has 2 aromatic rings. The molecule has 0 radical (unpaired) electrons. The molecule has 0 saturated carbocycles. The molecule has 1 heterocycles. The van der Waals surface area contributed by atoms with Gasteiger partial charge >= 0.3 is 0 Å². The number of carbonyl (C=O) groups excluding carboxylic acids is 1. The van der Waals surface area contributed by atoms with Gasteiger partial charge in [0.2, 0.25) is 0 Å². The maximum atomic E-state index is 11.9.